The van der Waals surface area contributed by atoms with E-state index in [4.69, 9.17) is 24.4 Å². The standard InChI is InChI=1S/C9H16N4S2/c1-2-3-4-5-6-10-8-7(14)9(15)12-13-11-8/h2-6H2,1H3,(H,13,14)(H2,10,11,12,15). The molecule has 3 N–H and O–H groups in total. The number of rotatable bonds is 6. The second kappa shape index (κ2) is 6.68. The first-order chi connectivity index (χ1) is 7.25. The zero-order chi connectivity index (χ0) is 11.1. The first-order valence-electron chi connectivity index (χ1n) is 5.17. The maximum Gasteiger partial charge on any atom is 0.169 e. The predicted molar refractivity (Wildman–Crippen MR) is 67.2 cm³/mol. The fourth-order valence-corrected chi connectivity index (χ4v) is 1.54. The van der Waals surface area contributed by atoms with Crippen LogP contribution in [-0.4, -0.2) is 22.0 Å². The van der Waals surface area contributed by atoms with Crippen LogP contribution in [0.3, 0.4) is 0 Å². The highest BCUT2D eigenvalue weighted by atomic mass is 32.1. The van der Waals surface area contributed by atoms with E-state index in [0.29, 0.717) is 15.0 Å². The molecule has 0 bridgehead atoms. The van der Waals surface area contributed by atoms with Gasteiger partial charge in [-0.05, 0) is 6.42 Å². The van der Waals surface area contributed by atoms with Gasteiger partial charge in [0.15, 0.2) is 5.82 Å². The van der Waals surface area contributed by atoms with E-state index in [1.165, 1.54) is 19.3 Å². The van der Waals surface area contributed by atoms with Crippen molar-refractivity contribution in [2.45, 2.75) is 32.6 Å². The molecule has 1 aromatic rings. The molecule has 15 heavy (non-hydrogen) atoms. The quantitative estimate of drug-likeness (QED) is 0.531. The number of nitrogens with one attached hydrogen (secondary N) is 3. The maximum atomic E-state index is 5.11. The van der Waals surface area contributed by atoms with Crippen LogP contribution in [-0.2, 0) is 0 Å². The number of anilines is 1. The molecule has 1 heterocycles. The van der Waals surface area contributed by atoms with Gasteiger partial charge in [0.25, 0.3) is 0 Å². The summed E-state index contributed by atoms with van der Waals surface area (Å²) in [6, 6.07) is 0. The summed E-state index contributed by atoms with van der Waals surface area (Å²) >= 11 is 10.1. The van der Waals surface area contributed by atoms with Crippen molar-refractivity contribution in [1.82, 2.24) is 15.4 Å². The summed E-state index contributed by atoms with van der Waals surface area (Å²) < 4.78 is 1.11. The van der Waals surface area contributed by atoms with Crippen LogP contribution < -0.4 is 5.32 Å². The van der Waals surface area contributed by atoms with Gasteiger partial charge in [0.2, 0.25) is 0 Å². The van der Waals surface area contributed by atoms with Crippen molar-refractivity contribution in [3.8, 4) is 0 Å². The third-order valence-electron chi connectivity index (χ3n) is 2.08. The number of unbranched alkanes of at least 4 members (excludes halogenated alkanes) is 3. The molecular formula is C9H16N4S2. The van der Waals surface area contributed by atoms with Crippen molar-refractivity contribution >= 4 is 30.3 Å². The molecule has 0 spiro atoms. The first kappa shape index (κ1) is 12.3. The lowest BCUT2D eigenvalue weighted by Gasteiger charge is -2.04. The summed E-state index contributed by atoms with van der Waals surface area (Å²) in [6.07, 6.45) is 4.89. The Hall–Kier alpha value is -0.750. The highest BCUT2D eigenvalue weighted by Crippen LogP contribution is 2.05. The van der Waals surface area contributed by atoms with Gasteiger partial charge in [0.1, 0.15) is 9.15 Å². The Morgan fingerprint density at radius 1 is 1.27 bits per heavy atom. The van der Waals surface area contributed by atoms with Gasteiger partial charge in [0, 0.05) is 6.54 Å². The van der Waals surface area contributed by atoms with Crippen LogP contribution in [0.1, 0.15) is 32.6 Å². The van der Waals surface area contributed by atoms with Crippen molar-refractivity contribution in [1.29, 1.82) is 0 Å². The lowest BCUT2D eigenvalue weighted by Crippen LogP contribution is -2.05. The Balaban J connectivity index is 2.41. The van der Waals surface area contributed by atoms with Crippen LogP contribution in [0.2, 0.25) is 0 Å². The average molecular weight is 244 g/mol. The number of H-pyrrole nitrogens is 2. The van der Waals surface area contributed by atoms with Crippen molar-refractivity contribution in [3.63, 3.8) is 0 Å². The number of aromatic nitrogens is 3. The van der Waals surface area contributed by atoms with Crippen molar-refractivity contribution in [2.75, 3.05) is 11.9 Å². The van der Waals surface area contributed by atoms with E-state index >= 15 is 0 Å². The fourth-order valence-electron chi connectivity index (χ4n) is 1.23. The molecule has 0 saturated heterocycles. The Morgan fingerprint density at radius 3 is 2.80 bits per heavy atom. The smallest absolute Gasteiger partial charge is 0.169 e. The topological polar surface area (TPSA) is 56.5 Å². The number of hydrogen-bond donors (Lipinski definition) is 3. The summed E-state index contributed by atoms with van der Waals surface area (Å²) in [5.41, 5.74) is 0. The molecule has 0 aliphatic heterocycles. The molecule has 84 valence electrons. The number of nitrogens with zero attached hydrogens (tertiary/aromatic N) is 1. The molecule has 0 aliphatic carbocycles. The van der Waals surface area contributed by atoms with Gasteiger partial charge in [-0.1, -0.05) is 50.6 Å². The third kappa shape index (κ3) is 4.09. The van der Waals surface area contributed by atoms with Crippen molar-refractivity contribution in [2.24, 2.45) is 0 Å². The normalized spacial score (nSPS) is 10.2. The Labute approximate surface area is 99.5 Å². The molecule has 0 saturated carbocycles. The van der Waals surface area contributed by atoms with Gasteiger partial charge in [-0.15, -0.1) is 5.10 Å². The van der Waals surface area contributed by atoms with Crippen LogP contribution in [0.4, 0.5) is 5.82 Å². The first-order valence-corrected chi connectivity index (χ1v) is 5.98. The molecule has 6 heteroatoms. The maximum absolute atomic E-state index is 5.11. The van der Waals surface area contributed by atoms with E-state index in [1.54, 1.807) is 0 Å². The van der Waals surface area contributed by atoms with Crippen LogP contribution in [0.25, 0.3) is 0 Å². The van der Waals surface area contributed by atoms with Crippen LogP contribution in [0, 0.1) is 9.15 Å². The zero-order valence-corrected chi connectivity index (χ0v) is 10.4. The minimum absolute atomic E-state index is 0.524. The van der Waals surface area contributed by atoms with Crippen molar-refractivity contribution < 1.29 is 0 Å². The second-order valence-electron chi connectivity index (χ2n) is 3.34. The average Bonchev–Trinajstić information content (AvgIpc) is 2.24. The predicted octanol–water partition coefficient (Wildman–Crippen LogP) is 3.19. The van der Waals surface area contributed by atoms with Crippen LogP contribution >= 0.6 is 24.4 Å². The minimum Gasteiger partial charge on any atom is -0.367 e. The van der Waals surface area contributed by atoms with E-state index in [1.807, 2.05) is 0 Å². The summed E-state index contributed by atoms with van der Waals surface area (Å²) in [5, 5.41) is 12.5. The van der Waals surface area contributed by atoms with E-state index < -0.39 is 0 Å². The monoisotopic (exact) mass is 244 g/mol. The third-order valence-corrected chi connectivity index (χ3v) is 2.91. The summed E-state index contributed by atoms with van der Waals surface area (Å²) in [5.74, 6) is 0.672. The molecule has 0 fully saturated rings. The lowest BCUT2D eigenvalue weighted by atomic mass is 10.2. The molecular weight excluding hydrogens is 228 g/mol. The van der Waals surface area contributed by atoms with Gasteiger partial charge in [-0.3, -0.25) is 5.10 Å². The van der Waals surface area contributed by atoms with Gasteiger partial charge in [0.05, 0.1) is 0 Å². The summed E-state index contributed by atoms with van der Waals surface area (Å²) in [4.78, 5) is 0. The zero-order valence-electron chi connectivity index (χ0n) is 8.80. The van der Waals surface area contributed by atoms with E-state index in [-0.39, 0.29) is 0 Å². The van der Waals surface area contributed by atoms with Crippen LogP contribution in [0.5, 0.6) is 0 Å². The molecule has 0 aromatic carbocycles. The SMILES string of the molecule is CCCCCCNc1n[nH][nH]c(=S)c1=S. The molecule has 0 radical (unpaired) electrons. The Kier molecular flexibility index (Phi) is 5.49. The Bertz CT molecular complexity index is 396. The number of hydrogen-bond acceptors (Lipinski definition) is 4. The fraction of sp³-hybridized carbons (Fsp3) is 0.667. The highest BCUT2D eigenvalue weighted by Gasteiger charge is 1.97. The van der Waals surface area contributed by atoms with E-state index in [0.717, 1.165) is 13.0 Å². The molecule has 0 unspecified atom stereocenters. The Morgan fingerprint density at radius 2 is 2.07 bits per heavy atom. The lowest BCUT2D eigenvalue weighted by molar-refractivity contribution is 0.683. The highest BCUT2D eigenvalue weighted by molar-refractivity contribution is 7.74. The second-order valence-corrected chi connectivity index (χ2v) is 4.16. The molecule has 1 rings (SSSR count). The molecule has 4 nitrogen and oxygen atoms in total. The summed E-state index contributed by atoms with van der Waals surface area (Å²) in [7, 11) is 0. The van der Waals surface area contributed by atoms with E-state index in [9.17, 15) is 0 Å². The largest absolute Gasteiger partial charge is 0.367 e. The van der Waals surface area contributed by atoms with Gasteiger partial charge < -0.3 is 5.32 Å². The van der Waals surface area contributed by atoms with Gasteiger partial charge >= 0.3 is 0 Å². The van der Waals surface area contributed by atoms with Crippen molar-refractivity contribution in [3.05, 3.63) is 9.15 Å². The number of aromatic amines is 2. The van der Waals surface area contributed by atoms with Crippen LogP contribution in [0.15, 0.2) is 0 Å². The molecule has 0 aliphatic rings. The van der Waals surface area contributed by atoms with E-state index in [2.05, 4.69) is 27.7 Å². The van der Waals surface area contributed by atoms with Gasteiger partial charge in [-0.25, -0.2) is 5.21 Å². The summed E-state index contributed by atoms with van der Waals surface area (Å²) in [6.45, 7) is 3.09. The minimum atomic E-state index is 0.524. The molecule has 1 aromatic heterocycles. The van der Waals surface area contributed by atoms with Gasteiger partial charge in [-0.2, -0.15) is 0 Å². The molecule has 0 atom stereocenters. The molecule has 0 amide bonds.